The van der Waals surface area contributed by atoms with Gasteiger partial charge in [0.25, 0.3) is 5.91 Å². The van der Waals surface area contributed by atoms with Gasteiger partial charge in [0.1, 0.15) is 6.61 Å². The number of cyclic esters (lactones) is 1. The number of amides is 3. The molecule has 6 nitrogen and oxygen atoms in total. The van der Waals surface area contributed by atoms with Crippen molar-refractivity contribution in [2.45, 2.75) is 25.7 Å². The highest BCUT2D eigenvalue weighted by Crippen LogP contribution is 2.09. The van der Waals surface area contributed by atoms with Crippen molar-refractivity contribution >= 4 is 17.9 Å². The average molecular weight is 294 g/mol. The van der Waals surface area contributed by atoms with Crippen LogP contribution in [0.3, 0.4) is 0 Å². The fraction of sp³-hybridized carbons (Fsp3) is 0.533. The maximum Gasteiger partial charge on any atom is 0.416 e. The monoisotopic (exact) mass is 294 g/mol. The predicted molar refractivity (Wildman–Crippen MR) is 78.5 cm³/mol. The summed E-state index contributed by atoms with van der Waals surface area (Å²) in [5, 5.41) is 0. The molecule has 21 heavy (non-hydrogen) atoms. The van der Waals surface area contributed by atoms with Crippen molar-refractivity contribution in [1.29, 1.82) is 0 Å². The zero-order valence-electron chi connectivity index (χ0n) is 12.3. The Labute approximate surface area is 125 Å². The fourth-order valence-electron chi connectivity index (χ4n) is 2.12. The Hall–Kier alpha value is -2.11. The second-order valence-electron chi connectivity index (χ2n) is 4.75. The molecule has 6 heteroatoms. The first-order valence-corrected chi connectivity index (χ1v) is 7.12. The average Bonchev–Trinajstić information content (AvgIpc) is 2.77. The van der Waals surface area contributed by atoms with Crippen molar-refractivity contribution in [3.05, 3.63) is 25.3 Å². The Morgan fingerprint density at radius 1 is 0.952 bits per heavy atom. The third-order valence-corrected chi connectivity index (χ3v) is 3.29. The highest BCUT2D eigenvalue weighted by molar-refractivity contribution is 5.98. The van der Waals surface area contributed by atoms with Crippen LogP contribution in [-0.2, 0) is 14.3 Å². The Morgan fingerprint density at radius 3 is 1.95 bits per heavy atom. The first-order chi connectivity index (χ1) is 10.1. The Kier molecular flexibility index (Phi) is 7.21. The summed E-state index contributed by atoms with van der Waals surface area (Å²) in [6.45, 7) is 9.19. The summed E-state index contributed by atoms with van der Waals surface area (Å²) in [5.74, 6) is -0.311. The van der Waals surface area contributed by atoms with Gasteiger partial charge < -0.3 is 9.64 Å². The molecular formula is C15H22N2O4. The van der Waals surface area contributed by atoms with Gasteiger partial charge in [0, 0.05) is 13.1 Å². The van der Waals surface area contributed by atoms with E-state index in [-0.39, 0.29) is 5.91 Å². The molecular weight excluding hydrogens is 272 g/mol. The molecule has 0 aliphatic carbocycles. The minimum absolute atomic E-state index is 0.0897. The van der Waals surface area contributed by atoms with E-state index < -0.39 is 12.0 Å². The van der Waals surface area contributed by atoms with Crippen molar-refractivity contribution < 1.29 is 19.1 Å². The van der Waals surface area contributed by atoms with E-state index in [1.807, 2.05) is 4.90 Å². The molecule has 0 radical (unpaired) electrons. The maximum atomic E-state index is 11.1. The van der Waals surface area contributed by atoms with Crippen molar-refractivity contribution in [3.8, 4) is 0 Å². The normalized spacial score (nSPS) is 18.0. The van der Waals surface area contributed by atoms with E-state index in [2.05, 4.69) is 17.9 Å². The van der Waals surface area contributed by atoms with E-state index in [4.69, 9.17) is 0 Å². The number of imide groups is 1. The lowest BCUT2D eigenvalue weighted by Crippen LogP contribution is -2.29. The Bertz CT molecular complexity index is 412. The highest BCUT2D eigenvalue weighted by atomic mass is 16.6. The summed E-state index contributed by atoms with van der Waals surface area (Å²) in [7, 11) is 0. The fourth-order valence-corrected chi connectivity index (χ4v) is 2.12. The molecule has 0 aromatic heterocycles. The van der Waals surface area contributed by atoms with Gasteiger partial charge in [-0.3, -0.25) is 9.59 Å². The summed E-state index contributed by atoms with van der Waals surface area (Å²) >= 11 is 0. The molecule has 0 atom stereocenters. The number of rotatable bonds is 2. The number of carbonyl (C=O) groups excluding carboxylic acids is 3. The molecule has 0 bridgehead atoms. The molecule has 2 saturated heterocycles. The summed E-state index contributed by atoms with van der Waals surface area (Å²) in [4.78, 5) is 35.4. The first-order valence-electron chi connectivity index (χ1n) is 7.12. The van der Waals surface area contributed by atoms with Crippen LogP contribution < -0.4 is 0 Å². The molecule has 2 aliphatic heterocycles. The van der Waals surface area contributed by atoms with Gasteiger partial charge >= 0.3 is 6.09 Å². The summed E-state index contributed by atoms with van der Waals surface area (Å²) in [6.07, 6.45) is 6.75. The zero-order valence-corrected chi connectivity index (χ0v) is 12.3. The van der Waals surface area contributed by atoms with Crippen molar-refractivity contribution in [1.82, 2.24) is 9.80 Å². The predicted octanol–water partition coefficient (Wildman–Crippen LogP) is 1.73. The summed E-state index contributed by atoms with van der Waals surface area (Å²) < 4.78 is 4.51. The van der Waals surface area contributed by atoms with Crippen LogP contribution >= 0.6 is 0 Å². The number of likely N-dealkylation sites (tertiary alicyclic amines) is 1. The molecule has 0 saturated carbocycles. The van der Waals surface area contributed by atoms with E-state index in [0.29, 0.717) is 13.2 Å². The number of hydrogen-bond acceptors (Lipinski definition) is 4. The van der Waals surface area contributed by atoms with Gasteiger partial charge in [-0.25, -0.2) is 9.69 Å². The van der Waals surface area contributed by atoms with Crippen LogP contribution in [0.2, 0.25) is 0 Å². The third kappa shape index (κ3) is 5.41. The Morgan fingerprint density at radius 2 is 1.52 bits per heavy atom. The van der Waals surface area contributed by atoms with Crippen molar-refractivity contribution in [3.63, 3.8) is 0 Å². The molecule has 116 valence electrons. The molecule has 0 unspecified atom stereocenters. The van der Waals surface area contributed by atoms with Crippen LogP contribution in [0, 0.1) is 0 Å². The molecule has 0 N–H and O–H groups in total. The SMILES string of the molecule is C=CC(=O)N1CCCCCC1.C=CC(=O)N1CCOC1=O. The van der Waals surface area contributed by atoms with Crippen LogP contribution in [0.4, 0.5) is 4.79 Å². The maximum absolute atomic E-state index is 11.1. The van der Waals surface area contributed by atoms with E-state index in [1.54, 1.807) is 0 Å². The van der Waals surface area contributed by atoms with Gasteiger partial charge in [0.2, 0.25) is 5.91 Å². The quantitative estimate of drug-likeness (QED) is 0.727. The highest BCUT2D eigenvalue weighted by Gasteiger charge is 2.25. The van der Waals surface area contributed by atoms with Crippen molar-refractivity contribution in [2.24, 2.45) is 0 Å². The second-order valence-corrected chi connectivity index (χ2v) is 4.75. The Balaban J connectivity index is 0.000000211. The number of carbonyl (C=O) groups is 3. The van der Waals surface area contributed by atoms with Crippen LogP contribution in [0.15, 0.2) is 25.3 Å². The van der Waals surface area contributed by atoms with E-state index in [0.717, 1.165) is 36.9 Å². The summed E-state index contributed by atoms with van der Waals surface area (Å²) in [6, 6.07) is 0. The van der Waals surface area contributed by atoms with Crippen molar-refractivity contribution in [2.75, 3.05) is 26.2 Å². The summed E-state index contributed by atoms with van der Waals surface area (Å²) in [5.41, 5.74) is 0. The van der Waals surface area contributed by atoms with Gasteiger partial charge in [-0.2, -0.15) is 0 Å². The molecule has 0 aromatic carbocycles. The van der Waals surface area contributed by atoms with Gasteiger partial charge in [-0.05, 0) is 25.0 Å². The van der Waals surface area contributed by atoms with Gasteiger partial charge in [-0.15, -0.1) is 0 Å². The van der Waals surface area contributed by atoms with Gasteiger partial charge in [-0.1, -0.05) is 26.0 Å². The van der Waals surface area contributed by atoms with E-state index >= 15 is 0 Å². The molecule has 2 fully saturated rings. The molecule has 2 aliphatic rings. The lowest BCUT2D eigenvalue weighted by molar-refractivity contribution is -0.126. The molecule has 2 heterocycles. The lowest BCUT2D eigenvalue weighted by Gasteiger charge is -2.17. The molecule has 0 spiro atoms. The first kappa shape index (κ1) is 16.9. The largest absolute Gasteiger partial charge is 0.447 e. The number of ether oxygens (including phenoxy) is 1. The number of nitrogens with zero attached hydrogens (tertiary/aromatic N) is 2. The minimum atomic E-state index is -0.579. The van der Waals surface area contributed by atoms with Crippen LogP contribution in [0.25, 0.3) is 0 Å². The smallest absolute Gasteiger partial charge is 0.416 e. The number of hydrogen-bond donors (Lipinski definition) is 0. The standard InChI is InChI=1S/C9H15NO.C6H7NO3/c1-2-9(11)10-7-5-3-4-6-8-10;1-2-5(8)7-3-4-10-6(7)9/h2H,1,3-8H2;2H,1,3-4H2. The van der Waals surface area contributed by atoms with E-state index in [9.17, 15) is 14.4 Å². The minimum Gasteiger partial charge on any atom is -0.447 e. The van der Waals surface area contributed by atoms with Gasteiger partial charge in [0.15, 0.2) is 0 Å². The zero-order chi connectivity index (χ0) is 15.7. The molecule has 2 rings (SSSR count). The topological polar surface area (TPSA) is 66.9 Å². The van der Waals surface area contributed by atoms with Crippen LogP contribution in [0.1, 0.15) is 25.7 Å². The molecule has 3 amide bonds. The second kappa shape index (κ2) is 8.94. The van der Waals surface area contributed by atoms with Crippen LogP contribution in [0.5, 0.6) is 0 Å². The lowest BCUT2D eigenvalue weighted by atomic mass is 10.2. The third-order valence-electron chi connectivity index (χ3n) is 3.29. The molecule has 0 aromatic rings. The van der Waals surface area contributed by atoms with Gasteiger partial charge in [0.05, 0.1) is 6.54 Å². The van der Waals surface area contributed by atoms with E-state index in [1.165, 1.54) is 18.9 Å². The van der Waals surface area contributed by atoms with Crippen LogP contribution in [-0.4, -0.2) is 53.9 Å².